The quantitative estimate of drug-likeness (QED) is 0.361. The maximum absolute atomic E-state index is 11.2. The molecule has 1 aromatic rings. The van der Waals surface area contributed by atoms with Crippen LogP contribution in [0.15, 0.2) is 17.1 Å². The summed E-state index contributed by atoms with van der Waals surface area (Å²) in [7, 11) is 1.76. The summed E-state index contributed by atoms with van der Waals surface area (Å²) in [6.45, 7) is 3.50. The molecule has 0 aromatic heterocycles. The molecule has 28 heavy (non-hydrogen) atoms. The highest BCUT2D eigenvalue weighted by Gasteiger charge is 2.23. The number of nitrogens with one attached hydrogen (secondary N) is 1. The molecule has 0 saturated carbocycles. The van der Waals surface area contributed by atoms with E-state index in [4.69, 9.17) is 26.8 Å². The van der Waals surface area contributed by atoms with Crippen LogP contribution in [0.2, 0.25) is 5.02 Å². The van der Waals surface area contributed by atoms with Gasteiger partial charge in [0.15, 0.2) is 17.5 Å². The number of hydrogen-bond donors (Lipinski definition) is 2. The number of fused-ring (bicyclic) bond motifs is 1. The van der Waals surface area contributed by atoms with Gasteiger partial charge in [-0.1, -0.05) is 11.6 Å². The van der Waals surface area contributed by atoms with Gasteiger partial charge < -0.3 is 25.4 Å². The third-order valence-corrected chi connectivity index (χ3v) is 5.11. The number of nitrogens with two attached hydrogens (primary N) is 1. The fraction of sp³-hybridized carbons (Fsp3) is 0.579. The molecule has 1 atom stereocenters. The zero-order chi connectivity index (χ0) is 19.2. The van der Waals surface area contributed by atoms with Crippen molar-refractivity contribution in [3.8, 4) is 11.5 Å². The molecular formula is C19H28ClIN4O3. The SMILES string of the molecule is CN=C(NCc1cc(Cl)c2c(c1)OCCCO2)N1CCCC(CC(N)=O)C1.I. The Morgan fingerprint density at radius 1 is 1.36 bits per heavy atom. The fourth-order valence-corrected chi connectivity index (χ4v) is 3.90. The molecule has 2 heterocycles. The Labute approximate surface area is 188 Å². The van der Waals surface area contributed by atoms with Crippen LogP contribution in [-0.4, -0.2) is 50.1 Å². The van der Waals surface area contributed by atoms with Crippen LogP contribution in [0.25, 0.3) is 0 Å². The molecule has 1 amide bonds. The molecular weight excluding hydrogens is 495 g/mol. The van der Waals surface area contributed by atoms with Crippen molar-refractivity contribution < 1.29 is 14.3 Å². The fourth-order valence-electron chi connectivity index (χ4n) is 3.61. The standard InChI is InChI=1S/C19H27ClN4O3.HI/c1-22-19(24-5-2-4-13(12-24)10-17(21)25)23-11-14-8-15(20)18-16(9-14)26-6-3-7-27-18;/h8-9,13H,2-7,10-12H2,1H3,(H2,21,25)(H,22,23);1H. The number of hydrogen-bond acceptors (Lipinski definition) is 4. The van der Waals surface area contributed by atoms with Crippen molar-refractivity contribution in [1.29, 1.82) is 0 Å². The monoisotopic (exact) mass is 522 g/mol. The summed E-state index contributed by atoms with van der Waals surface area (Å²) in [6.07, 6.45) is 3.31. The first-order valence-corrected chi connectivity index (χ1v) is 9.76. The number of guanidine groups is 1. The Bertz CT molecular complexity index is 717. The van der Waals surface area contributed by atoms with Gasteiger partial charge in [0.25, 0.3) is 0 Å². The first-order chi connectivity index (χ1) is 13.1. The van der Waals surface area contributed by atoms with Crippen molar-refractivity contribution in [2.24, 2.45) is 16.6 Å². The van der Waals surface area contributed by atoms with Gasteiger partial charge in [0, 0.05) is 39.5 Å². The van der Waals surface area contributed by atoms with Gasteiger partial charge in [-0.2, -0.15) is 0 Å². The molecule has 1 unspecified atom stereocenters. The van der Waals surface area contributed by atoms with Gasteiger partial charge in [-0.25, -0.2) is 0 Å². The second-order valence-corrected chi connectivity index (χ2v) is 7.39. The second-order valence-electron chi connectivity index (χ2n) is 6.98. The molecule has 9 heteroatoms. The molecule has 2 aliphatic heterocycles. The van der Waals surface area contributed by atoms with Crippen molar-refractivity contribution in [2.45, 2.75) is 32.2 Å². The lowest BCUT2D eigenvalue weighted by atomic mass is 9.95. The van der Waals surface area contributed by atoms with Crippen LogP contribution in [-0.2, 0) is 11.3 Å². The number of piperidine rings is 1. The maximum Gasteiger partial charge on any atom is 0.217 e. The Kier molecular flexibility index (Phi) is 8.94. The van der Waals surface area contributed by atoms with Crippen LogP contribution in [0.4, 0.5) is 0 Å². The molecule has 0 spiro atoms. The van der Waals surface area contributed by atoms with E-state index in [1.807, 2.05) is 12.1 Å². The number of carbonyl (C=O) groups is 1. The summed E-state index contributed by atoms with van der Waals surface area (Å²) < 4.78 is 11.4. The number of carbonyl (C=O) groups excluding carboxylic acids is 1. The second kappa shape index (κ2) is 10.9. The average Bonchev–Trinajstić information content (AvgIpc) is 2.88. The smallest absolute Gasteiger partial charge is 0.217 e. The number of halogens is 2. The van der Waals surface area contributed by atoms with Crippen molar-refractivity contribution in [1.82, 2.24) is 10.2 Å². The molecule has 2 aliphatic rings. The third kappa shape index (κ3) is 6.04. The molecule has 3 N–H and O–H groups in total. The van der Waals surface area contributed by atoms with Crippen LogP contribution in [0.1, 0.15) is 31.2 Å². The van der Waals surface area contributed by atoms with Crippen LogP contribution in [0, 0.1) is 5.92 Å². The number of amides is 1. The summed E-state index contributed by atoms with van der Waals surface area (Å²) in [4.78, 5) is 17.8. The first-order valence-electron chi connectivity index (χ1n) is 9.38. The van der Waals surface area contributed by atoms with E-state index in [9.17, 15) is 4.79 Å². The highest BCUT2D eigenvalue weighted by Crippen LogP contribution is 2.38. The minimum absolute atomic E-state index is 0. The Morgan fingerprint density at radius 3 is 2.89 bits per heavy atom. The normalized spacial score (nSPS) is 19.4. The lowest BCUT2D eigenvalue weighted by molar-refractivity contribution is -0.119. The van der Waals surface area contributed by atoms with E-state index < -0.39 is 0 Å². The Morgan fingerprint density at radius 2 is 2.14 bits per heavy atom. The molecule has 7 nitrogen and oxygen atoms in total. The molecule has 1 fully saturated rings. The number of rotatable bonds is 4. The lowest BCUT2D eigenvalue weighted by Crippen LogP contribution is -2.46. The number of aliphatic imine (C=N–C) groups is 1. The minimum Gasteiger partial charge on any atom is -0.489 e. The summed E-state index contributed by atoms with van der Waals surface area (Å²) in [5.41, 5.74) is 6.35. The number of nitrogens with zero attached hydrogens (tertiary/aromatic N) is 2. The van der Waals surface area contributed by atoms with E-state index in [1.165, 1.54) is 0 Å². The Balaban J connectivity index is 0.00000280. The molecule has 0 aliphatic carbocycles. The molecule has 1 saturated heterocycles. The average molecular weight is 523 g/mol. The molecule has 0 bridgehead atoms. The van der Waals surface area contributed by atoms with Crippen LogP contribution < -0.4 is 20.5 Å². The predicted molar refractivity (Wildman–Crippen MR) is 121 cm³/mol. The van der Waals surface area contributed by atoms with E-state index in [1.54, 1.807) is 7.05 Å². The first kappa shape index (κ1) is 22.9. The van der Waals surface area contributed by atoms with Crippen molar-refractivity contribution in [2.75, 3.05) is 33.4 Å². The summed E-state index contributed by atoms with van der Waals surface area (Å²) >= 11 is 6.37. The number of ether oxygens (including phenoxy) is 2. The van der Waals surface area contributed by atoms with Crippen LogP contribution in [0.5, 0.6) is 11.5 Å². The van der Waals surface area contributed by atoms with Crippen molar-refractivity contribution in [3.05, 3.63) is 22.7 Å². The highest BCUT2D eigenvalue weighted by atomic mass is 127. The maximum atomic E-state index is 11.2. The molecule has 156 valence electrons. The van der Waals surface area contributed by atoms with Gasteiger partial charge >= 0.3 is 0 Å². The largest absolute Gasteiger partial charge is 0.489 e. The Hall–Kier alpha value is -1.42. The summed E-state index contributed by atoms with van der Waals surface area (Å²) in [5, 5.41) is 3.94. The summed E-state index contributed by atoms with van der Waals surface area (Å²) in [5.74, 6) is 2.15. The van der Waals surface area contributed by atoms with Crippen molar-refractivity contribution >= 4 is 47.4 Å². The van der Waals surface area contributed by atoms with E-state index in [0.717, 1.165) is 43.9 Å². The van der Waals surface area contributed by atoms with E-state index in [-0.39, 0.29) is 35.8 Å². The van der Waals surface area contributed by atoms with E-state index in [0.29, 0.717) is 42.7 Å². The van der Waals surface area contributed by atoms with Crippen molar-refractivity contribution in [3.63, 3.8) is 0 Å². The van der Waals surface area contributed by atoms with Gasteiger partial charge in [-0.05, 0) is 36.5 Å². The zero-order valence-corrected chi connectivity index (χ0v) is 19.2. The van der Waals surface area contributed by atoms with Gasteiger partial charge in [0.2, 0.25) is 5.91 Å². The van der Waals surface area contributed by atoms with Gasteiger partial charge in [0.1, 0.15) is 0 Å². The minimum atomic E-state index is -0.244. The van der Waals surface area contributed by atoms with Gasteiger partial charge in [0.05, 0.1) is 18.2 Å². The van der Waals surface area contributed by atoms with Crippen LogP contribution in [0.3, 0.4) is 0 Å². The number of primary amides is 1. The van der Waals surface area contributed by atoms with E-state index in [2.05, 4.69) is 15.2 Å². The van der Waals surface area contributed by atoms with E-state index >= 15 is 0 Å². The summed E-state index contributed by atoms with van der Waals surface area (Å²) in [6, 6.07) is 3.85. The zero-order valence-electron chi connectivity index (χ0n) is 16.1. The predicted octanol–water partition coefficient (Wildman–Crippen LogP) is 2.78. The molecule has 1 aromatic carbocycles. The topological polar surface area (TPSA) is 89.2 Å². The van der Waals surface area contributed by atoms with Crippen LogP contribution >= 0.6 is 35.6 Å². The van der Waals surface area contributed by atoms with Gasteiger partial charge in [-0.3, -0.25) is 9.79 Å². The molecule has 0 radical (unpaired) electrons. The highest BCUT2D eigenvalue weighted by molar-refractivity contribution is 14.0. The lowest BCUT2D eigenvalue weighted by Gasteiger charge is -2.34. The number of likely N-dealkylation sites (tertiary alicyclic amines) is 1. The van der Waals surface area contributed by atoms with Gasteiger partial charge in [-0.15, -0.1) is 24.0 Å². The third-order valence-electron chi connectivity index (χ3n) is 4.83. The molecule has 3 rings (SSSR count). The number of benzene rings is 1.